The molecule has 3 aliphatic heterocycles. The van der Waals surface area contributed by atoms with E-state index in [9.17, 15) is 14.4 Å². The molecule has 0 N–H and O–H groups in total. The standard InChI is InChI=1S/C36H47N3O5/c1-24(2)26-10-6-7-11-27(26)30-22-38(33(41)29-14-19-43-31-13-9-8-12-28(29)31)23-32(40)39(30)25-20-36(21-25)15-17-37(18-16-36)34(42)44-35(3,4)5/h6-13,24-25,29-30H,14-23H2,1-5H3. The molecule has 2 aromatic rings. The average molecular weight is 602 g/mol. The highest BCUT2D eigenvalue weighted by Gasteiger charge is 2.53. The van der Waals surface area contributed by atoms with Gasteiger partial charge in [0.15, 0.2) is 0 Å². The lowest BCUT2D eigenvalue weighted by Gasteiger charge is -2.58. The van der Waals surface area contributed by atoms with Gasteiger partial charge < -0.3 is 24.2 Å². The average Bonchev–Trinajstić information content (AvgIpc) is 2.98. The molecule has 0 aromatic heterocycles. The van der Waals surface area contributed by atoms with Crippen LogP contribution < -0.4 is 4.74 Å². The van der Waals surface area contributed by atoms with E-state index in [1.54, 1.807) is 4.90 Å². The van der Waals surface area contributed by atoms with E-state index in [0.29, 0.717) is 38.6 Å². The molecular weight excluding hydrogens is 554 g/mol. The predicted octanol–water partition coefficient (Wildman–Crippen LogP) is 6.27. The van der Waals surface area contributed by atoms with Crippen LogP contribution in [-0.4, -0.2) is 77.0 Å². The largest absolute Gasteiger partial charge is 0.493 e. The van der Waals surface area contributed by atoms with E-state index < -0.39 is 5.60 Å². The number of hydrogen-bond acceptors (Lipinski definition) is 5. The van der Waals surface area contributed by atoms with Crippen LogP contribution in [0.5, 0.6) is 5.75 Å². The molecule has 1 aliphatic carbocycles. The topological polar surface area (TPSA) is 79.4 Å². The summed E-state index contributed by atoms with van der Waals surface area (Å²) in [6.07, 6.45) is 4.09. The molecule has 2 unspecified atom stereocenters. The summed E-state index contributed by atoms with van der Waals surface area (Å²) in [6.45, 7) is 12.5. The molecule has 44 heavy (non-hydrogen) atoms. The van der Waals surface area contributed by atoms with Gasteiger partial charge in [-0.25, -0.2) is 4.79 Å². The van der Waals surface area contributed by atoms with Crippen LogP contribution in [0.3, 0.4) is 0 Å². The smallest absolute Gasteiger partial charge is 0.410 e. The molecule has 3 amide bonds. The Morgan fingerprint density at radius 3 is 2.30 bits per heavy atom. The molecule has 1 spiro atoms. The maximum atomic E-state index is 14.1. The number of rotatable bonds is 4. The first kappa shape index (κ1) is 30.5. The van der Waals surface area contributed by atoms with Crippen LogP contribution >= 0.6 is 0 Å². The number of nitrogens with zero attached hydrogens (tertiary/aromatic N) is 3. The fourth-order valence-corrected chi connectivity index (χ4v) is 7.85. The molecule has 3 heterocycles. The van der Waals surface area contributed by atoms with Gasteiger partial charge in [-0.2, -0.15) is 0 Å². The Labute approximate surface area is 261 Å². The van der Waals surface area contributed by atoms with Crippen molar-refractivity contribution in [1.29, 1.82) is 0 Å². The molecule has 2 aromatic carbocycles. The summed E-state index contributed by atoms with van der Waals surface area (Å²) in [7, 11) is 0. The van der Waals surface area contributed by atoms with Crippen molar-refractivity contribution in [3.63, 3.8) is 0 Å². The lowest BCUT2D eigenvalue weighted by atomic mass is 9.59. The summed E-state index contributed by atoms with van der Waals surface area (Å²) in [5.74, 6) is 0.796. The molecule has 6 rings (SSSR count). The highest BCUT2D eigenvalue weighted by atomic mass is 16.6. The molecule has 0 radical (unpaired) electrons. The normalized spacial score (nSPS) is 23.7. The summed E-state index contributed by atoms with van der Waals surface area (Å²) in [4.78, 5) is 46.6. The summed E-state index contributed by atoms with van der Waals surface area (Å²) < 4.78 is 11.4. The van der Waals surface area contributed by atoms with E-state index in [4.69, 9.17) is 9.47 Å². The van der Waals surface area contributed by atoms with Crippen LogP contribution in [0.4, 0.5) is 4.79 Å². The molecule has 2 atom stereocenters. The molecule has 0 bridgehead atoms. The Hall–Kier alpha value is -3.55. The van der Waals surface area contributed by atoms with Gasteiger partial charge in [-0.3, -0.25) is 9.59 Å². The van der Waals surface area contributed by atoms with Gasteiger partial charge in [0.25, 0.3) is 0 Å². The number of piperazine rings is 1. The van der Waals surface area contributed by atoms with Gasteiger partial charge in [0.1, 0.15) is 11.4 Å². The Kier molecular flexibility index (Phi) is 8.14. The maximum Gasteiger partial charge on any atom is 0.410 e. The molecule has 3 fully saturated rings. The zero-order valence-electron chi connectivity index (χ0n) is 26.9. The van der Waals surface area contributed by atoms with Crippen molar-refractivity contribution in [1.82, 2.24) is 14.7 Å². The predicted molar refractivity (Wildman–Crippen MR) is 168 cm³/mol. The zero-order chi connectivity index (χ0) is 31.2. The number of likely N-dealkylation sites (tertiary alicyclic amines) is 1. The van der Waals surface area contributed by atoms with E-state index in [1.165, 1.54) is 5.56 Å². The number of ether oxygens (including phenoxy) is 2. The van der Waals surface area contributed by atoms with E-state index >= 15 is 0 Å². The number of carbonyl (C=O) groups excluding carboxylic acids is 3. The summed E-state index contributed by atoms with van der Waals surface area (Å²) in [5.41, 5.74) is 2.91. The van der Waals surface area contributed by atoms with Gasteiger partial charge >= 0.3 is 6.09 Å². The van der Waals surface area contributed by atoms with Gasteiger partial charge in [-0.15, -0.1) is 0 Å². The highest BCUT2D eigenvalue weighted by molar-refractivity contribution is 5.90. The van der Waals surface area contributed by atoms with Crippen LogP contribution in [-0.2, 0) is 14.3 Å². The van der Waals surface area contributed by atoms with Crippen molar-refractivity contribution >= 4 is 17.9 Å². The Morgan fingerprint density at radius 2 is 1.61 bits per heavy atom. The van der Waals surface area contributed by atoms with Crippen molar-refractivity contribution < 1.29 is 23.9 Å². The number of amides is 3. The lowest BCUT2D eigenvalue weighted by Crippen LogP contribution is -2.63. The molecule has 2 saturated heterocycles. The number of para-hydroxylation sites is 1. The molecule has 8 heteroatoms. The number of benzene rings is 2. The van der Waals surface area contributed by atoms with Crippen molar-refractivity contribution in [2.75, 3.05) is 32.8 Å². The van der Waals surface area contributed by atoms with Gasteiger partial charge in [-0.1, -0.05) is 56.3 Å². The minimum absolute atomic E-state index is 0.0142. The van der Waals surface area contributed by atoms with Crippen LogP contribution in [0, 0.1) is 5.41 Å². The first-order valence-corrected chi connectivity index (χ1v) is 16.3. The third-order valence-electron chi connectivity index (χ3n) is 10.1. The monoisotopic (exact) mass is 601 g/mol. The molecule has 4 aliphatic rings. The third kappa shape index (κ3) is 5.92. The van der Waals surface area contributed by atoms with E-state index in [1.807, 2.05) is 56.0 Å². The van der Waals surface area contributed by atoms with E-state index in [0.717, 1.165) is 42.6 Å². The van der Waals surface area contributed by atoms with E-state index in [2.05, 4.69) is 36.9 Å². The quantitative estimate of drug-likeness (QED) is 0.413. The summed E-state index contributed by atoms with van der Waals surface area (Å²) in [5, 5.41) is 0. The lowest BCUT2D eigenvalue weighted by molar-refractivity contribution is -0.159. The Bertz CT molecular complexity index is 1400. The first-order chi connectivity index (χ1) is 20.9. The highest BCUT2D eigenvalue weighted by Crippen LogP contribution is 2.53. The number of hydrogen-bond donors (Lipinski definition) is 0. The molecule has 236 valence electrons. The minimum Gasteiger partial charge on any atom is -0.493 e. The second-order valence-corrected chi connectivity index (χ2v) is 14.6. The number of fused-ring (bicyclic) bond motifs is 1. The van der Waals surface area contributed by atoms with Crippen molar-refractivity contribution in [3.05, 3.63) is 65.2 Å². The van der Waals surface area contributed by atoms with Crippen molar-refractivity contribution in [2.45, 2.75) is 96.2 Å². The second-order valence-electron chi connectivity index (χ2n) is 14.6. The second kappa shape index (κ2) is 11.8. The minimum atomic E-state index is -0.507. The van der Waals surface area contributed by atoms with Gasteiger partial charge in [0, 0.05) is 31.2 Å². The van der Waals surface area contributed by atoms with Crippen LogP contribution in [0.1, 0.15) is 101 Å². The third-order valence-corrected chi connectivity index (χ3v) is 10.1. The van der Waals surface area contributed by atoms with E-state index in [-0.39, 0.29) is 47.9 Å². The SMILES string of the molecule is CC(C)c1ccccc1C1CN(C(=O)C2CCOc3ccccc32)CC(=O)N1C1CC2(CCN(C(=O)OC(C)(C)C)CC2)C1. The number of carbonyl (C=O) groups is 3. The van der Waals surface area contributed by atoms with Gasteiger partial charge in [0.05, 0.1) is 25.1 Å². The molecular formula is C36H47N3O5. The Balaban J connectivity index is 1.21. The molecule has 1 saturated carbocycles. The van der Waals surface area contributed by atoms with Crippen LogP contribution in [0.15, 0.2) is 48.5 Å². The van der Waals surface area contributed by atoms with Gasteiger partial charge in [0.2, 0.25) is 11.8 Å². The van der Waals surface area contributed by atoms with Crippen molar-refractivity contribution in [2.24, 2.45) is 5.41 Å². The first-order valence-electron chi connectivity index (χ1n) is 16.3. The van der Waals surface area contributed by atoms with Gasteiger partial charge in [-0.05, 0) is 81.4 Å². The zero-order valence-corrected chi connectivity index (χ0v) is 26.9. The summed E-state index contributed by atoms with van der Waals surface area (Å²) >= 11 is 0. The maximum absolute atomic E-state index is 14.1. The van der Waals surface area contributed by atoms with Crippen molar-refractivity contribution in [3.8, 4) is 5.75 Å². The fourth-order valence-electron chi connectivity index (χ4n) is 7.85. The van der Waals surface area contributed by atoms with Crippen LogP contribution in [0.2, 0.25) is 0 Å². The number of piperidine rings is 1. The van der Waals surface area contributed by atoms with Crippen LogP contribution in [0.25, 0.3) is 0 Å². The summed E-state index contributed by atoms with van der Waals surface area (Å²) in [6, 6.07) is 16.1. The Morgan fingerprint density at radius 1 is 0.955 bits per heavy atom. The fraction of sp³-hybridized carbons (Fsp3) is 0.583. The molecule has 8 nitrogen and oxygen atoms in total.